The zero-order valence-corrected chi connectivity index (χ0v) is 26.9. The number of methoxy groups -OCH3 is 5. The van der Waals surface area contributed by atoms with Gasteiger partial charge in [0.05, 0.1) is 51.6 Å². The number of rotatable bonds is 9. The number of carbonyl (C=O) groups excluding carboxylic acids is 2. The lowest BCUT2D eigenvalue weighted by Crippen LogP contribution is -2.48. The molecule has 10 nitrogen and oxygen atoms in total. The lowest BCUT2D eigenvalue weighted by atomic mass is 10.0. The average Bonchev–Trinajstić information content (AvgIpc) is 3.00. The molecule has 0 aliphatic carbocycles. The molecule has 0 saturated carbocycles. The third kappa shape index (κ3) is 7.02. The summed E-state index contributed by atoms with van der Waals surface area (Å²) in [5, 5.41) is -0.483. The SMILES string of the molecule is COc1cc2c(c(OC)c1OC)C#Cc1ccc(OCC3C#CC(OC)C(OC)CN(C(=O)C(C)C)C3)cc1CN2C(=O)S. The first-order chi connectivity index (χ1) is 21.1. The summed E-state index contributed by atoms with van der Waals surface area (Å²) in [6, 6.07) is 7.20. The number of fused-ring (bicyclic) bond motifs is 2. The maximum atomic E-state index is 13.0. The molecule has 0 radical (unpaired) electrons. The monoisotopic (exact) mass is 622 g/mol. The van der Waals surface area contributed by atoms with E-state index >= 15 is 0 Å². The second-order valence-corrected chi connectivity index (χ2v) is 11.0. The predicted molar refractivity (Wildman–Crippen MR) is 169 cm³/mol. The molecule has 0 N–H and O–H groups in total. The lowest BCUT2D eigenvalue weighted by molar-refractivity contribution is -0.138. The molecular weight excluding hydrogens is 584 g/mol. The van der Waals surface area contributed by atoms with Crippen LogP contribution in [0.4, 0.5) is 10.5 Å². The van der Waals surface area contributed by atoms with Gasteiger partial charge >= 0.3 is 0 Å². The molecule has 4 rings (SSSR count). The molecule has 2 aliphatic heterocycles. The first-order valence-corrected chi connectivity index (χ1v) is 14.6. The van der Waals surface area contributed by atoms with Gasteiger partial charge in [0.15, 0.2) is 11.5 Å². The molecule has 0 bridgehead atoms. The Kier molecular flexibility index (Phi) is 10.9. The van der Waals surface area contributed by atoms with Crippen LogP contribution in [0, 0.1) is 35.5 Å². The minimum absolute atomic E-state index is 0.0120. The number of hydrogen-bond acceptors (Lipinski definition) is 8. The number of anilines is 1. The van der Waals surface area contributed by atoms with Crippen LogP contribution in [0.1, 0.15) is 30.5 Å². The molecule has 2 aromatic carbocycles. The van der Waals surface area contributed by atoms with Gasteiger partial charge in [0.25, 0.3) is 5.24 Å². The van der Waals surface area contributed by atoms with Crippen LogP contribution in [0.15, 0.2) is 24.3 Å². The standard InChI is InChI=1S/C33H38N2O8S/c1-20(2)32(36)34-16-21(8-13-27(38-3)29(18-34)40-5)19-43-24-11-9-22-10-12-25-26(35(33(37)44)17-23(22)14-24)15-28(39-4)31(42-7)30(25)41-6/h9,11,14-15,20-21,27,29H,16-19H2,1-7H3,(H,37,44). The third-order valence-electron chi connectivity index (χ3n) is 7.48. The molecule has 44 heavy (non-hydrogen) atoms. The summed E-state index contributed by atoms with van der Waals surface area (Å²) >= 11 is 4.17. The summed E-state index contributed by atoms with van der Waals surface area (Å²) in [6.45, 7) is 4.90. The van der Waals surface area contributed by atoms with Gasteiger partial charge in [-0.2, -0.15) is 0 Å². The highest BCUT2D eigenvalue weighted by Gasteiger charge is 2.30. The van der Waals surface area contributed by atoms with E-state index in [2.05, 4.69) is 36.3 Å². The van der Waals surface area contributed by atoms with Gasteiger partial charge < -0.3 is 33.3 Å². The van der Waals surface area contributed by atoms with Gasteiger partial charge in [-0.1, -0.05) is 50.2 Å². The molecule has 234 valence electrons. The van der Waals surface area contributed by atoms with Gasteiger partial charge in [-0.3, -0.25) is 14.5 Å². The van der Waals surface area contributed by atoms with Gasteiger partial charge in [0.1, 0.15) is 24.6 Å². The zero-order chi connectivity index (χ0) is 32.0. The van der Waals surface area contributed by atoms with Crippen molar-refractivity contribution in [1.29, 1.82) is 0 Å². The maximum absolute atomic E-state index is 13.0. The number of thiol groups is 1. The van der Waals surface area contributed by atoms with E-state index in [1.54, 1.807) is 25.2 Å². The largest absolute Gasteiger partial charge is 0.493 e. The van der Waals surface area contributed by atoms with Gasteiger partial charge in [-0.05, 0) is 23.8 Å². The Bertz CT molecular complexity index is 1520. The fourth-order valence-corrected chi connectivity index (χ4v) is 5.36. The quantitative estimate of drug-likeness (QED) is 0.331. The Labute approximate surface area is 264 Å². The summed E-state index contributed by atoms with van der Waals surface area (Å²) in [6.07, 6.45) is -0.847. The van der Waals surface area contributed by atoms with Crippen molar-refractivity contribution in [2.24, 2.45) is 11.8 Å². The number of amides is 2. The normalized spacial score (nSPS) is 19.0. The Balaban J connectivity index is 1.65. The minimum atomic E-state index is -0.483. The van der Waals surface area contributed by atoms with Crippen molar-refractivity contribution in [1.82, 2.24) is 4.90 Å². The Morgan fingerprint density at radius 1 is 0.955 bits per heavy atom. The molecule has 2 aromatic rings. The molecule has 2 aliphatic rings. The zero-order valence-electron chi connectivity index (χ0n) is 26.1. The molecular formula is C33H38N2O8S. The summed E-state index contributed by atoms with van der Waals surface area (Å²) in [7, 11) is 7.69. The Morgan fingerprint density at radius 3 is 2.32 bits per heavy atom. The van der Waals surface area contributed by atoms with Crippen molar-refractivity contribution in [3.63, 3.8) is 0 Å². The van der Waals surface area contributed by atoms with Crippen LogP contribution in [0.3, 0.4) is 0 Å². The molecule has 2 amide bonds. The van der Waals surface area contributed by atoms with Crippen LogP contribution in [0.2, 0.25) is 0 Å². The number of hydrogen-bond donors (Lipinski definition) is 1. The van der Waals surface area contributed by atoms with E-state index in [1.807, 2.05) is 32.0 Å². The van der Waals surface area contributed by atoms with Crippen molar-refractivity contribution >= 4 is 29.5 Å². The van der Waals surface area contributed by atoms with Crippen molar-refractivity contribution in [2.45, 2.75) is 32.6 Å². The van der Waals surface area contributed by atoms with Crippen molar-refractivity contribution < 1.29 is 38.0 Å². The first kappa shape index (κ1) is 32.9. The topological polar surface area (TPSA) is 96.0 Å². The van der Waals surface area contributed by atoms with E-state index in [0.717, 1.165) is 5.56 Å². The third-order valence-corrected chi connectivity index (χ3v) is 7.72. The minimum Gasteiger partial charge on any atom is -0.493 e. The average molecular weight is 623 g/mol. The second kappa shape index (κ2) is 14.6. The number of benzene rings is 2. The smallest absolute Gasteiger partial charge is 0.283 e. The lowest BCUT2D eigenvalue weighted by Gasteiger charge is -2.33. The van der Waals surface area contributed by atoms with E-state index in [-0.39, 0.29) is 37.0 Å². The highest BCUT2D eigenvalue weighted by molar-refractivity contribution is 7.96. The Morgan fingerprint density at radius 2 is 1.70 bits per heavy atom. The predicted octanol–water partition coefficient (Wildman–Crippen LogP) is 4.01. The molecule has 3 unspecified atom stereocenters. The van der Waals surface area contributed by atoms with Crippen LogP contribution in [-0.2, 0) is 20.8 Å². The molecule has 11 heteroatoms. The van der Waals surface area contributed by atoms with Crippen LogP contribution in [0.25, 0.3) is 0 Å². The molecule has 0 aromatic heterocycles. The van der Waals surface area contributed by atoms with Gasteiger partial charge in [-0.25, -0.2) is 0 Å². The van der Waals surface area contributed by atoms with E-state index in [1.165, 1.54) is 26.2 Å². The fourth-order valence-electron chi connectivity index (χ4n) is 5.18. The molecule has 2 heterocycles. The maximum Gasteiger partial charge on any atom is 0.283 e. The summed E-state index contributed by atoms with van der Waals surface area (Å²) < 4.78 is 34.0. The van der Waals surface area contributed by atoms with E-state index < -0.39 is 11.3 Å². The number of nitrogens with zero attached hydrogens (tertiary/aromatic N) is 2. The van der Waals surface area contributed by atoms with Crippen LogP contribution in [-0.4, -0.2) is 83.5 Å². The fraction of sp³-hybridized carbons (Fsp3) is 0.455. The van der Waals surface area contributed by atoms with Gasteiger partial charge in [0.2, 0.25) is 11.7 Å². The van der Waals surface area contributed by atoms with Crippen molar-refractivity contribution in [3.8, 4) is 46.7 Å². The van der Waals surface area contributed by atoms with Crippen LogP contribution >= 0.6 is 12.6 Å². The van der Waals surface area contributed by atoms with Crippen LogP contribution < -0.4 is 23.8 Å². The highest BCUT2D eigenvalue weighted by atomic mass is 32.1. The molecule has 0 fully saturated rings. The van der Waals surface area contributed by atoms with Crippen LogP contribution in [0.5, 0.6) is 23.0 Å². The number of carbonyl (C=O) groups is 2. The van der Waals surface area contributed by atoms with Gasteiger partial charge in [-0.15, -0.1) is 0 Å². The summed E-state index contributed by atoms with van der Waals surface area (Å²) in [5.41, 5.74) is 2.43. The Hall–Kier alpha value is -4.03. The van der Waals surface area contributed by atoms with E-state index in [4.69, 9.17) is 28.4 Å². The first-order valence-electron chi connectivity index (χ1n) is 14.1. The highest BCUT2D eigenvalue weighted by Crippen LogP contribution is 2.46. The molecule has 0 spiro atoms. The summed E-state index contributed by atoms with van der Waals surface area (Å²) in [5.74, 6) is 14.0. The molecule has 0 saturated heterocycles. The summed E-state index contributed by atoms with van der Waals surface area (Å²) in [4.78, 5) is 29.1. The van der Waals surface area contributed by atoms with Crippen molar-refractivity contribution in [2.75, 3.05) is 60.1 Å². The second-order valence-electron chi connectivity index (χ2n) is 10.6. The molecule has 3 atom stereocenters. The van der Waals surface area contributed by atoms with E-state index in [0.29, 0.717) is 52.9 Å². The van der Waals surface area contributed by atoms with Gasteiger partial charge in [0, 0.05) is 38.3 Å². The number of ether oxygens (including phenoxy) is 6. The van der Waals surface area contributed by atoms with E-state index in [9.17, 15) is 9.59 Å². The van der Waals surface area contributed by atoms with Crippen molar-refractivity contribution in [3.05, 3.63) is 41.0 Å².